The number of anilines is 1. The molecule has 0 saturated carbocycles. The molecule has 2 aromatic rings. The van der Waals surface area contributed by atoms with Crippen LogP contribution >= 0.6 is 12.6 Å². The third-order valence-electron chi connectivity index (χ3n) is 6.09. The van der Waals surface area contributed by atoms with Crippen molar-refractivity contribution in [1.29, 1.82) is 0 Å². The number of alkyl carbamates (subject to hydrolysis) is 1. The second kappa shape index (κ2) is 12.5. The Morgan fingerprint density at radius 3 is 2.03 bits per heavy atom. The van der Waals surface area contributed by atoms with E-state index >= 15 is 0 Å². The average Bonchev–Trinajstić information content (AvgIpc) is 2.78. The Morgan fingerprint density at radius 1 is 0.946 bits per heavy atom. The molecule has 0 aromatic heterocycles. The Kier molecular flexibility index (Phi) is 10.2. The van der Waals surface area contributed by atoms with E-state index < -0.39 is 29.7 Å². The fourth-order valence-electron chi connectivity index (χ4n) is 4.07. The first-order valence-electron chi connectivity index (χ1n) is 12.5. The number of hydrogen-bond acceptors (Lipinski definition) is 5. The van der Waals surface area contributed by atoms with Gasteiger partial charge in [-0.25, -0.2) is 4.79 Å². The van der Waals surface area contributed by atoms with Gasteiger partial charge in [-0.2, -0.15) is 12.6 Å². The van der Waals surface area contributed by atoms with E-state index in [0.717, 1.165) is 27.9 Å². The third kappa shape index (κ3) is 7.99. The van der Waals surface area contributed by atoms with Gasteiger partial charge in [0, 0.05) is 17.5 Å². The molecule has 0 fully saturated rings. The largest absolute Gasteiger partial charge is 0.444 e. The summed E-state index contributed by atoms with van der Waals surface area (Å²) in [5.41, 5.74) is 4.62. The van der Waals surface area contributed by atoms with Crippen molar-refractivity contribution in [2.75, 3.05) is 11.1 Å². The van der Waals surface area contributed by atoms with Crippen LogP contribution in [0.15, 0.2) is 36.4 Å². The Morgan fingerprint density at radius 2 is 1.54 bits per heavy atom. The second-order valence-electron chi connectivity index (χ2n) is 10.7. The van der Waals surface area contributed by atoms with Crippen LogP contribution in [0, 0.1) is 27.7 Å². The molecule has 202 valence electrons. The van der Waals surface area contributed by atoms with Crippen molar-refractivity contribution in [3.05, 3.63) is 64.2 Å². The lowest BCUT2D eigenvalue weighted by Crippen LogP contribution is -2.55. The average molecular weight is 528 g/mol. The number of hydrogen-bond donors (Lipinski definition) is 3. The van der Waals surface area contributed by atoms with Crippen LogP contribution in [0.2, 0.25) is 0 Å². The molecule has 0 heterocycles. The number of nitrogens with one attached hydrogen (secondary N) is 2. The summed E-state index contributed by atoms with van der Waals surface area (Å²) in [6, 6.07) is 9.27. The number of aryl methyl sites for hydroxylation is 4. The molecule has 8 heteroatoms. The summed E-state index contributed by atoms with van der Waals surface area (Å²) in [4.78, 5) is 41.8. The van der Waals surface area contributed by atoms with Crippen LogP contribution in [-0.2, 0) is 14.3 Å². The van der Waals surface area contributed by atoms with Crippen LogP contribution in [0.25, 0.3) is 0 Å². The van der Waals surface area contributed by atoms with Crippen molar-refractivity contribution >= 4 is 36.2 Å². The molecule has 2 atom stereocenters. The molecule has 0 saturated heterocycles. The molecule has 2 rings (SSSR count). The van der Waals surface area contributed by atoms with Gasteiger partial charge in [0.15, 0.2) is 0 Å². The molecule has 3 amide bonds. The molecule has 0 spiro atoms. The highest BCUT2D eigenvalue weighted by molar-refractivity contribution is 7.80. The lowest BCUT2D eigenvalue weighted by atomic mass is 9.97. The van der Waals surface area contributed by atoms with E-state index in [1.54, 1.807) is 20.8 Å². The lowest BCUT2D eigenvalue weighted by molar-refractivity contribution is -0.142. The van der Waals surface area contributed by atoms with Gasteiger partial charge in [-0.15, -0.1) is 0 Å². The van der Waals surface area contributed by atoms with Gasteiger partial charge in [-0.3, -0.25) is 9.59 Å². The molecule has 0 aliphatic carbocycles. The molecular formula is C29H41N3O4S. The summed E-state index contributed by atoms with van der Waals surface area (Å²) >= 11 is 4.33. The first-order valence-corrected chi connectivity index (χ1v) is 13.2. The van der Waals surface area contributed by atoms with E-state index in [-0.39, 0.29) is 17.7 Å². The maximum absolute atomic E-state index is 13.9. The quantitative estimate of drug-likeness (QED) is 0.387. The molecule has 7 nitrogen and oxygen atoms in total. The fraction of sp³-hybridized carbons (Fsp3) is 0.483. The minimum atomic E-state index is -0.984. The van der Waals surface area contributed by atoms with E-state index in [1.807, 2.05) is 77.9 Å². The van der Waals surface area contributed by atoms with Crippen LogP contribution < -0.4 is 10.6 Å². The molecule has 2 unspecified atom stereocenters. The highest BCUT2D eigenvalue weighted by Crippen LogP contribution is 2.29. The minimum Gasteiger partial charge on any atom is -0.444 e. The van der Waals surface area contributed by atoms with E-state index in [2.05, 4.69) is 23.3 Å². The lowest BCUT2D eigenvalue weighted by Gasteiger charge is -2.37. The summed E-state index contributed by atoms with van der Waals surface area (Å²) in [6.45, 7) is 16.8. The Balaban J connectivity index is 2.54. The van der Waals surface area contributed by atoms with Gasteiger partial charge in [0.1, 0.15) is 17.7 Å². The van der Waals surface area contributed by atoms with Gasteiger partial charge < -0.3 is 20.3 Å². The number of nitrogens with zero attached hydrogens (tertiary/aromatic N) is 1. The zero-order chi connectivity index (χ0) is 28.1. The van der Waals surface area contributed by atoms with Crippen molar-refractivity contribution in [2.45, 2.75) is 86.0 Å². The Hall–Kier alpha value is -3.00. The number of carbonyl (C=O) groups excluding carboxylic acids is 3. The molecule has 0 aliphatic rings. The maximum Gasteiger partial charge on any atom is 0.408 e. The zero-order valence-corrected chi connectivity index (χ0v) is 24.3. The van der Waals surface area contributed by atoms with E-state index in [1.165, 1.54) is 4.90 Å². The monoisotopic (exact) mass is 527 g/mol. The number of ether oxygens (including phenoxy) is 1. The third-order valence-corrected chi connectivity index (χ3v) is 6.45. The van der Waals surface area contributed by atoms with Gasteiger partial charge in [0.05, 0.1) is 0 Å². The summed E-state index contributed by atoms with van der Waals surface area (Å²) < 4.78 is 5.35. The highest BCUT2D eigenvalue weighted by atomic mass is 32.1. The van der Waals surface area contributed by atoms with Crippen LogP contribution in [0.4, 0.5) is 10.5 Å². The topological polar surface area (TPSA) is 87.7 Å². The van der Waals surface area contributed by atoms with E-state index in [4.69, 9.17) is 4.74 Å². The number of benzene rings is 2. The summed E-state index contributed by atoms with van der Waals surface area (Å²) in [7, 11) is 0. The molecule has 0 radical (unpaired) electrons. The summed E-state index contributed by atoms with van der Waals surface area (Å²) in [5, 5.41) is 5.70. The Bertz CT molecular complexity index is 1120. The van der Waals surface area contributed by atoms with Crippen molar-refractivity contribution in [3.8, 4) is 0 Å². The number of rotatable bonds is 8. The number of amides is 3. The minimum absolute atomic E-state index is 0.0411. The second-order valence-corrected chi connectivity index (χ2v) is 11.1. The molecule has 0 aliphatic heterocycles. The van der Waals surface area contributed by atoms with Crippen molar-refractivity contribution < 1.29 is 19.1 Å². The Labute approximate surface area is 226 Å². The molecule has 2 N–H and O–H groups in total. The number of carbonyl (C=O) groups is 3. The highest BCUT2D eigenvalue weighted by Gasteiger charge is 2.37. The number of para-hydroxylation sites is 1. The normalized spacial score (nSPS) is 13.1. The predicted molar refractivity (Wildman–Crippen MR) is 152 cm³/mol. The van der Waals surface area contributed by atoms with Gasteiger partial charge in [0.2, 0.25) is 5.91 Å². The standard InChI is InChI=1S/C29H41N3O4S/c1-17(2)32(27(34)23(16-37)30-28(35)36-29(7,8)9)25(22-14-13-18(3)21(6)15-22)26(33)31-24-19(4)11-10-12-20(24)5/h10-15,17,23,25,37H,16H2,1-9H3,(H,30,35)(H,31,33). The summed E-state index contributed by atoms with van der Waals surface area (Å²) in [6.07, 6.45) is -0.716. The van der Waals surface area contributed by atoms with Crippen molar-refractivity contribution in [1.82, 2.24) is 10.2 Å². The first kappa shape index (κ1) is 30.2. The zero-order valence-electron chi connectivity index (χ0n) is 23.4. The summed E-state index contributed by atoms with van der Waals surface area (Å²) in [5.74, 6) is -0.715. The van der Waals surface area contributed by atoms with Crippen molar-refractivity contribution in [3.63, 3.8) is 0 Å². The van der Waals surface area contributed by atoms with Crippen LogP contribution in [-0.4, -0.2) is 46.2 Å². The van der Waals surface area contributed by atoms with Crippen LogP contribution in [0.3, 0.4) is 0 Å². The SMILES string of the molecule is Cc1ccc(C(C(=O)Nc2c(C)cccc2C)N(C(=O)C(CS)NC(=O)OC(C)(C)C)C(C)C)cc1C. The maximum atomic E-state index is 13.9. The fourth-order valence-corrected chi connectivity index (χ4v) is 4.32. The van der Waals surface area contributed by atoms with Gasteiger partial charge in [-0.1, -0.05) is 36.4 Å². The van der Waals surface area contributed by atoms with Gasteiger partial charge >= 0.3 is 6.09 Å². The molecule has 2 aromatic carbocycles. The smallest absolute Gasteiger partial charge is 0.408 e. The molecular weight excluding hydrogens is 486 g/mol. The number of thiol groups is 1. The van der Waals surface area contributed by atoms with Crippen LogP contribution in [0.1, 0.15) is 68.5 Å². The van der Waals surface area contributed by atoms with Crippen molar-refractivity contribution in [2.24, 2.45) is 0 Å². The first-order chi connectivity index (χ1) is 17.2. The van der Waals surface area contributed by atoms with Gasteiger partial charge in [-0.05, 0) is 90.1 Å². The molecule has 0 bridgehead atoms. The van der Waals surface area contributed by atoms with Crippen LogP contribution in [0.5, 0.6) is 0 Å². The molecule has 37 heavy (non-hydrogen) atoms. The van der Waals surface area contributed by atoms with Gasteiger partial charge in [0.25, 0.3) is 5.91 Å². The van der Waals surface area contributed by atoms with E-state index in [9.17, 15) is 14.4 Å². The van der Waals surface area contributed by atoms with E-state index in [0.29, 0.717) is 5.56 Å². The predicted octanol–water partition coefficient (Wildman–Crippen LogP) is 5.66.